The number of aryl methyl sites for hydroxylation is 1. The molecule has 0 aliphatic rings. The van der Waals surface area contributed by atoms with Gasteiger partial charge in [0.25, 0.3) is 0 Å². The molecule has 0 aromatic heterocycles. The molecule has 0 fully saturated rings. The number of hydrogen-bond acceptors (Lipinski definition) is 4. The van der Waals surface area contributed by atoms with Crippen molar-refractivity contribution in [3.05, 3.63) is 28.8 Å². The molecule has 5 nitrogen and oxygen atoms in total. The minimum atomic E-state index is -1.17. The highest BCUT2D eigenvalue weighted by atomic mass is 16.5. The quantitative estimate of drug-likeness (QED) is 0.163. The molecule has 0 aliphatic heterocycles. The van der Waals surface area contributed by atoms with E-state index in [0.717, 1.165) is 19.3 Å². The predicted molar refractivity (Wildman–Crippen MR) is 123 cm³/mol. The van der Waals surface area contributed by atoms with Crippen molar-refractivity contribution in [2.75, 3.05) is 12.3 Å². The molecule has 1 aromatic rings. The fraction of sp³-hybridized carbons (Fsp3) is 0.680. The van der Waals surface area contributed by atoms with E-state index in [9.17, 15) is 14.7 Å². The number of nitrogens with two attached hydrogens (primary N) is 1. The van der Waals surface area contributed by atoms with Crippen LogP contribution in [0, 0.1) is 6.92 Å². The number of carbonyl (C=O) groups is 2. The van der Waals surface area contributed by atoms with Crippen LogP contribution in [0.25, 0.3) is 0 Å². The maximum atomic E-state index is 12.3. The van der Waals surface area contributed by atoms with Gasteiger partial charge in [-0.2, -0.15) is 0 Å². The molecule has 0 amide bonds. The Labute approximate surface area is 182 Å². The van der Waals surface area contributed by atoms with Crippen molar-refractivity contribution in [2.24, 2.45) is 0 Å². The minimum absolute atomic E-state index is 0.0431. The van der Waals surface area contributed by atoms with E-state index in [4.69, 9.17) is 10.5 Å². The zero-order valence-electron chi connectivity index (χ0n) is 19.0. The lowest BCUT2D eigenvalue weighted by molar-refractivity contribution is 0.0488. The molecule has 0 saturated carbocycles. The lowest BCUT2D eigenvalue weighted by atomic mass is 10.0. The number of carbonyl (C=O) groups excluding carboxylic acids is 1. The van der Waals surface area contributed by atoms with E-state index in [0.29, 0.717) is 12.2 Å². The van der Waals surface area contributed by atoms with Crippen LogP contribution >= 0.6 is 0 Å². The van der Waals surface area contributed by atoms with Crippen molar-refractivity contribution >= 4 is 17.6 Å². The van der Waals surface area contributed by atoms with Gasteiger partial charge < -0.3 is 15.6 Å². The van der Waals surface area contributed by atoms with Gasteiger partial charge in [0, 0.05) is 5.69 Å². The smallest absolute Gasteiger partial charge is 0.341 e. The van der Waals surface area contributed by atoms with E-state index in [1.54, 1.807) is 13.0 Å². The van der Waals surface area contributed by atoms with Gasteiger partial charge in [-0.25, -0.2) is 9.59 Å². The molecular weight excluding hydrogens is 378 g/mol. The van der Waals surface area contributed by atoms with Crippen LogP contribution in [0.2, 0.25) is 0 Å². The summed E-state index contributed by atoms with van der Waals surface area (Å²) in [6.07, 6.45) is 17.7. The number of aromatic carboxylic acids is 1. The third-order valence-corrected chi connectivity index (χ3v) is 5.48. The third-order valence-electron chi connectivity index (χ3n) is 5.48. The molecule has 0 saturated heterocycles. The molecule has 1 rings (SSSR count). The highest BCUT2D eigenvalue weighted by Crippen LogP contribution is 2.21. The maximum absolute atomic E-state index is 12.3. The molecule has 30 heavy (non-hydrogen) atoms. The second kappa shape index (κ2) is 15.8. The van der Waals surface area contributed by atoms with E-state index in [1.807, 2.05) is 0 Å². The Morgan fingerprint density at radius 2 is 1.30 bits per heavy atom. The Morgan fingerprint density at radius 1 is 0.833 bits per heavy atom. The van der Waals surface area contributed by atoms with E-state index >= 15 is 0 Å². The van der Waals surface area contributed by atoms with Crippen molar-refractivity contribution in [1.29, 1.82) is 0 Å². The molecule has 0 radical (unpaired) electrons. The van der Waals surface area contributed by atoms with Crippen LogP contribution in [0.4, 0.5) is 5.69 Å². The molecule has 3 N–H and O–H groups in total. The van der Waals surface area contributed by atoms with Gasteiger partial charge in [0.05, 0.1) is 17.7 Å². The summed E-state index contributed by atoms with van der Waals surface area (Å²) in [5.41, 5.74) is 6.56. The van der Waals surface area contributed by atoms with Crippen LogP contribution in [0.3, 0.4) is 0 Å². The first-order chi connectivity index (χ1) is 14.5. The maximum Gasteiger partial charge on any atom is 0.341 e. The highest BCUT2D eigenvalue weighted by Gasteiger charge is 2.21. The van der Waals surface area contributed by atoms with E-state index in [-0.39, 0.29) is 16.8 Å². The van der Waals surface area contributed by atoms with Crippen LogP contribution in [-0.4, -0.2) is 23.7 Å². The molecule has 0 atom stereocenters. The lowest BCUT2D eigenvalue weighted by Crippen LogP contribution is -2.15. The molecule has 0 bridgehead atoms. The first kappa shape index (κ1) is 26.0. The summed E-state index contributed by atoms with van der Waals surface area (Å²) in [7, 11) is 0. The number of anilines is 1. The molecule has 5 heteroatoms. The van der Waals surface area contributed by atoms with Gasteiger partial charge in [-0.15, -0.1) is 0 Å². The molecule has 0 spiro atoms. The summed E-state index contributed by atoms with van der Waals surface area (Å²) >= 11 is 0. The number of esters is 1. The SMILES string of the molecule is CCCCCCCCCCCCCCCCOC(=O)c1c(N)cc(C)cc1C(=O)O. The number of unbranched alkanes of at least 4 members (excludes halogenated alkanes) is 13. The summed E-state index contributed by atoms with van der Waals surface area (Å²) in [4.78, 5) is 23.7. The first-order valence-corrected chi connectivity index (χ1v) is 11.8. The average molecular weight is 420 g/mol. The zero-order valence-corrected chi connectivity index (χ0v) is 19.0. The van der Waals surface area contributed by atoms with Gasteiger partial charge in [0.15, 0.2) is 0 Å². The number of carboxylic acids is 1. The Kier molecular flexibility index (Phi) is 13.7. The van der Waals surface area contributed by atoms with E-state index in [2.05, 4.69) is 6.92 Å². The summed E-state index contributed by atoms with van der Waals surface area (Å²) < 4.78 is 5.26. The second-order valence-electron chi connectivity index (χ2n) is 8.31. The zero-order chi connectivity index (χ0) is 22.2. The van der Waals surface area contributed by atoms with Crippen molar-refractivity contribution in [3.63, 3.8) is 0 Å². The fourth-order valence-corrected chi connectivity index (χ4v) is 3.74. The number of hydrogen-bond donors (Lipinski definition) is 2. The van der Waals surface area contributed by atoms with E-state index < -0.39 is 11.9 Å². The van der Waals surface area contributed by atoms with Crippen molar-refractivity contribution in [3.8, 4) is 0 Å². The van der Waals surface area contributed by atoms with Crippen molar-refractivity contribution < 1.29 is 19.4 Å². The normalized spacial score (nSPS) is 10.9. The summed E-state index contributed by atoms with van der Waals surface area (Å²) in [5.74, 6) is -1.83. The van der Waals surface area contributed by atoms with Crippen molar-refractivity contribution in [2.45, 2.75) is 104 Å². The molecule has 0 aliphatic carbocycles. The molecule has 0 heterocycles. The number of carboxylic acid groups (broad SMARTS) is 1. The van der Waals surface area contributed by atoms with Crippen LogP contribution in [0.1, 0.15) is 123 Å². The highest BCUT2D eigenvalue weighted by molar-refractivity contribution is 6.06. The van der Waals surface area contributed by atoms with Gasteiger partial charge in [0.1, 0.15) is 0 Å². The fourth-order valence-electron chi connectivity index (χ4n) is 3.74. The van der Waals surface area contributed by atoms with Crippen molar-refractivity contribution in [1.82, 2.24) is 0 Å². The Morgan fingerprint density at radius 3 is 1.77 bits per heavy atom. The predicted octanol–water partition coefficient (Wildman–Crippen LogP) is 6.91. The van der Waals surface area contributed by atoms with Crippen LogP contribution in [0.5, 0.6) is 0 Å². The second-order valence-corrected chi connectivity index (χ2v) is 8.31. The van der Waals surface area contributed by atoms with Gasteiger partial charge in [-0.05, 0) is 31.0 Å². The van der Waals surface area contributed by atoms with Crippen LogP contribution < -0.4 is 5.73 Å². The molecule has 170 valence electrons. The van der Waals surface area contributed by atoms with Gasteiger partial charge >= 0.3 is 11.9 Å². The number of rotatable bonds is 17. The summed E-state index contributed by atoms with van der Waals surface area (Å²) in [5, 5.41) is 9.30. The number of ether oxygens (including phenoxy) is 1. The summed E-state index contributed by atoms with van der Waals surface area (Å²) in [6, 6.07) is 3.04. The Bertz CT molecular complexity index is 642. The van der Waals surface area contributed by atoms with Crippen LogP contribution in [0.15, 0.2) is 12.1 Å². The molecule has 1 aromatic carbocycles. The molecular formula is C25H41NO4. The standard InChI is InChI=1S/C25H41NO4/c1-3-4-5-6-7-8-9-10-11-12-13-14-15-16-17-30-25(29)23-21(24(27)28)18-20(2)19-22(23)26/h18-19H,3-17,26H2,1-2H3,(H,27,28). The largest absolute Gasteiger partial charge is 0.478 e. The minimum Gasteiger partial charge on any atom is -0.478 e. The van der Waals surface area contributed by atoms with E-state index in [1.165, 1.54) is 76.7 Å². The summed E-state index contributed by atoms with van der Waals surface area (Å²) in [6.45, 7) is 4.29. The third kappa shape index (κ3) is 10.7. The molecule has 0 unspecified atom stereocenters. The van der Waals surface area contributed by atoms with Gasteiger partial charge in [-0.3, -0.25) is 0 Å². The topological polar surface area (TPSA) is 89.6 Å². The lowest BCUT2D eigenvalue weighted by Gasteiger charge is -2.11. The Hall–Kier alpha value is -2.04. The number of benzene rings is 1. The van der Waals surface area contributed by atoms with Gasteiger partial charge in [0.2, 0.25) is 0 Å². The first-order valence-electron chi connectivity index (χ1n) is 11.8. The van der Waals surface area contributed by atoms with Gasteiger partial charge in [-0.1, -0.05) is 90.4 Å². The van der Waals surface area contributed by atoms with Crippen LogP contribution in [-0.2, 0) is 4.74 Å². The monoisotopic (exact) mass is 419 g/mol. The average Bonchev–Trinajstić information content (AvgIpc) is 2.70. The Balaban J connectivity index is 2.07. The number of nitrogen functional groups attached to an aromatic ring is 1.